The molecule has 0 aliphatic rings. The van der Waals surface area contributed by atoms with Crippen LogP contribution in [-0.4, -0.2) is 28.1 Å². The minimum Gasteiger partial charge on any atom is -0.356 e. The first-order chi connectivity index (χ1) is 1.73. The molecule has 0 bridgehead atoms. The van der Waals surface area contributed by atoms with E-state index in [0.717, 1.165) is 0 Å². The topological polar surface area (TPSA) is 66.2 Å². The fourth-order valence-electron chi connectivity index (χ4n) is 0. The van der Waals surface area contributed by atoms with Crippen molar-refractivity contribution in [2.75, 3.05) is 0 Å². The Bertz CT molecular complexity index is 33.8. The molecule has 4 nitrogen and oxygen atoms in total. The normalized spacial score (nSPS) is 4.00. The van der Waals surface area contributed by atoms with E-state index < -0.39 is 5.09 Å². The van der Waals surface area contributed by atoms with E-state index in [2.05, 4.69) is 0 Å². The predicted octanol–water partition coefficient (Wildman–Crippen LogP) is -1.16. The molecule has 0 aliphatic heterocycles. The van der Waals surface area contributed by atoms with Crippen molar-refractivity contribution in [2.45, 2.75) is 0 Å². The Morgan fingerprint density at radius 2 is 1.33 bits per heavy atom. The third-order valence-corrected chi connectivity index (χ3v) is 0. The van der Waals surface area contributed by atoms with Gasteiger partial charge in [0.2, 0.25) is 0 Å². The molecule has 0 saturated heterocycles. The first-order valence-electron chi connectivity index (χ1n) is 0.548. The average Bonchev–Trinajstić information content (AvgIpc) is 0.811. The summed E-state index contributed by atoms with van der Waals surface area (Å²) in [6, 6.07) is 0. The minimum atomic E-state index is -1.75. The van der Waals surface area contributed by atoms with Crippen molar-refractivity contribution in [1.29, 1.82) is 0 Å². The van der Waals surface area contributed by atoms with Crippen LogP contribution in [0.15, 0.2) is 0 Å². The third kappa shape index (κ3) is 231. The molecule has 6 heteroatoms. The molecule has 0 amide bonds. The van der Waals surface area contributed by atoms with Gasteiger partial charge >= 0.3 is 40.1 Å². The molecule has 0 fully saturated rings. The molecule has 0 N–H and O–H groups in total. The quantitative estimate of drug-likeness (QED) is 0.250. The molecule has 0 heterocycles. The summed E-state index contributed by atoms with van der Waals surface area (Å²) in [7, 11) is 0. The molecule has 0 aromatic carbocycles. The molecule has 0 rings (SSSR count). The number of rotatable bonds is 0. The van der Waals surface area contributed by atoms with Crippen LogP contribution < -0.4 is 0 Å². The van der Waals surface area contributed by atoms with Crippen LogP contribution in [-0.2, 0) is 17.1 Å². The van der Waals surface area contributed by atoms with Crippen molar-refractivity contribution in [3.05, 3.63) is 15.3 Å². The maximum absolute atomic E-state index is 8.25. The van der Waals surface area contributed by atoms with Gasteiger partial charge in [-0.25, -0.2) is 0 Å². The van der Waals surface area contributed by atoms with Gasteiger partial charge in [-0.05, 0) is 0 Å². The minimum absolute atomic E-state index is 0. The third-order valence-electron chi connectivity index (χ3n) is 0. The molecular formula is H2CuMgNO3. The zero-order chi connectivity index (χ0) is 3.58. The van der Waals surface area contributed by atoms with E-state index in [1.54, 1.807) is 0 Å². The number of nitrogens with zero attached hydrogens (tertiary/aromatic N) is 1. The molecule has 38 valence electrons. The summed E-state index contributed by atoms with van der Waals surface area (Å²) in [5.41, 5.74) is 0. The van der Waals surface area contributed by atoms with Crippen molar-refractivity contribution >= 4 is 23.1 Å². The molecule has 0 radical (unpaired) electrons. The van der Waals surface area contributed by atoms with Gasteiger partial charge in [-0.1, -0.05) is 0 Å². The van der Waals surface area contributed by atoms with Crippen LogP contribution in [0.25, 0.3) is 0 Å². The second-order valence-corrected chi connectivity index (χ2v) is 0.224. The van der Waals surface area contributed by atoms with Crippen molar-refractivity contribution in [3.8, 4) is 0 Å². The first kappa shape index (κ1) is 16.1. The van der Waals surface area contributed by atoms with E-state index in [9.17, 15) is 0 Å². The van der Waals surface area contributed by atoms with Gasteiger partial charge in [0.25, 0.3) is 0 Å². The molecule has 6 heavy (non-hydrogen) atoms. The first-order valence-corrected chi connectivity index (χ1v) is 0.548. The molecular weight excluding hydrogens is 150 g/mol. The van der Waals surface area contributed by atoms with Crippen LogP contribution in [0, 0.1) is 15.3 Å². The maximum Gasteiger partial charge on any atom is 1.00 e. The van der Waals surface area contributed by atoms with E-state index in [4.69, 9.17) is 15.3 Å². The number of hydrogen-bond donors (Lipinski definition) is 0. The summed E-state index contributed by atoms with van der Waals surface area (Å²) in [5, 5.41) is 14.8. The summed E-state index contributed by atoms with van der Waals surface area (Å²) in [5.74, 6) is 0. The summed E-state index contributed by atoms with van der Waals surface area (Å²) in [6.45, 7) is 0. The summed E-state index contributed by atoms with van der Waals surface area (Å²) in [6.07, 6.45) is 0. The number of hydrogen-bond acceptors (Lipinski definition) is 3. The summed E-state index contributed by atoms with van der Waals surface area (Å²) >= 11 is 0. The molecule has 0 aliphatic carbocycles. The smallest absolute Gasteiger partial charge is 0.356 e. The van der Waals surface area contributed by atoms with Crippen LogP contribution in [0.2, 0.25) is 0 Å². The fraction of sp³-hybridized carbons (Fsp3) is 0. The summed E-state index contributed by atoms with van der Waals surface area (Å²) in [4.78, 5) is 8.25. The van der Waals surface area contributed by atoms with E-state index >= 15 is 0 Å². The van der Waals surface area contributed by atoms with Gasteiger partial charge in [0, 0.05) is 0 Å². The molecule has 0 aromatic rings. The molecule has 0 aromatic heterocycles. The van der Waals surface area contributed by atoms with Crippen LogP contribution in [0.1, 0.15) is 0 Å². The maximum atomic E-state index is 8.25. The summed E-state index contributed by atoms with van der Waals surface area (Å²) < 4.78 is 0. The van der Waals surface area contributed by atoms with Gasteiger partial charge in [0.05, 0.1) is 5.09 Å². The second-order valence-electron chi connectivity index (χ2n) is 0.224. The van der Waals surface area contributed by atoms with Gasteiger partial charge in [0.15, 0.2) is 0 Å². The van der Waals surface area contributed by atoms with E-state index in [-0.39, 0.29) is 40.1 Å². The Kier molecular flexibility index (Phi) is 24.3. The molecule has 0 atom stereocenters. The zero-order valence-corrected chi connectivity index (χ0v) is 2.92. The Morgan fingerprint density at radius 1 is 1.33 bits per heavy atom. The van der Waals surface area contributed by atoms with Crippen LogP contribution >= 0.6 is 0 Å². The van der Waals surface area contributed by atoms with Crippen LogP contribution in [0.4, 0.5) is 0 Å². The fourth-order valence-corrected chi connectivity index (χ4v) is 0. The van der Waals surface area contributed by atoms with Crippen LogP contribution in [0.3, 0.4) is 0 Å². The van der Waals surface area contributed by atoms with Gasteiger partial charge in [-0.3, -0.25) is 0 Å². The van der Waals surface area contributed by atoms with Crippen molar-refractivity contribution in [2.24, 2.45) is 0 Å². The van der Waals surface area contributed by atoms with E-state index in [1.165, 1.54) is 0 Å². The van der Waals surface area contributed by atoms with Gasteiger partial charge in [-0.15, -0.1) is 0 Å². The Labute approximate surface area is 60.6 Å². The Morgan fingerprint density at radius 3 is 1.33 bits per heavy atom. The second kappa shape index (κ2) is 9.08. The van der Waals surface area contributed by atoms with Crippen molar-refractivity contribution in [3.63, 3.8) is 0 Å². The Balaban J connectivity index is -0.0000000450. The zero-order valence-electron chi connectivity index (χ0n) is 1.97. The predicted molar refractivity (Wildman–Crippen MR) is 18.9 cm³/mol. The Hall–Kier alpha value is 0.486. The van der Waals surface area contributed by atoms with Crippen molar-refractivity contribution < 1.29 is 22.2 Å². The molecule has 0 spiro atoms. The largest absolute Gasteiger partial charge is 1.00 e. The van der Waals surface area contributed by atoms with Gasteiger partial charge in [0.1, 0.15) is 0 Å². The molecule has 0 saturated carbocycles. The SMILES string of the molecule is O=[N+]([O-])[O-].[Cu+].[MgH2]. The molecule has 0 unspecified atom stereocenters. The van der Waals surface area contributed by atoms with E-state index in [1.807, 2.05) is 0 Å². The standard InChI is InChI=1S/Cu.Mg.NO3.2H/c;;2-1(3)4;;/q+1;;-1;;. The van der Waals surface area contributed by atoms with Gasteiger partial charge < -0.3 is 15.3 Å². The van der Waals surface area contributed by atoms with Crippen molar-refractivity contribution in [1.82, 2.24) is 0 Å². The van der Waals surface area contributed by atoms with Gasteiger partial charge in [-0.2, -0.15) is 0 Å². The monoisotopic (exact) mass is 151 g/mol. The van der Waals surface area contributed by atoms with Crippen LogP contribution in [0.5, 0.6) is 0 Å². The van der Waals surface area contributed by atoms with E-state index in [0.29, 0.717) is 0 Å². The average molecular weight is 152 g/mol.